The van der Waals surface area contributed by atoms with Crippen LogP contribution in [0.4, 0.5) is 0 Å². The Morgan fingerprint density at radius 3 is 2.30 bits per heavy atom. The number of nitrogens with one attached hydrogen (secondary N) is 1. The Balaban J connectivity index is 1.38. The number of benzene rings is 2. The standard InChI is InChI=1S/C23H19N3O/c27-23(22-13-12-20-21(26-22)7-4-14-24-20)25-16-19-10-8-18(9-11-19)15-17-5-2-1-3-6-17/h1-14H,15-16H2,(H,25,27). The quantitative estimate of drug-likeness (QED) is 0.586. The van der Waals surface area contributed by atoms with E-state index < -0.39 is 0 Å². The van der Waals surface area contributed by atoms with Crippen LogP contribution < -0.4 is 5.32 Å². The zero-order valence-corrected chi connectivity index (χ0v) is 14.8. The number of carbonyl (C=O) groups excluding carboxylic acids is 1. The molecule has 0 aliphatic carbocycles. The third kappa shape index (κ3) is 4.18. The van der Waals surface area contributed by atoms with E-state index in [1.54, 1.807) is 12.3 Å². The van der Waals surface area contributed by atoms with Gasteiger partial charge in [-0.3, -0.25) is 9.78 Å². The van der Waals surface area contributed by atoms with E-state index in [9.17, 15) is 4.79 Å². The van der Waals surface area contributed by atoms with E-state index in [0.29, 0.717) is 12.2 Å². The highest BCUT2D eigenvalue weighted by Crippen LogP contribution is 2.12. The van der Waals surface area contributed by atoms with Crippen molar-refractivity contribution < 1.29 is 4.79 Å². The van der Waals surface area contributed by atoms with Gasteiger partial charge in [0.05, 0.1) is 11.0 Å². The van der Waals surface area contributed by atoms with Crippen LogP contribution in [0, 0.1) is 0 Å². The third-order valence-corrected chi connectivity index (χ3v) is 4.42. The molecular weight excluding hydrogens is 334 g/mol. The molecule has 0 fully saturated rings. The largest absolute Gasteiger partial charge is 0.347 e. The summed E-state index contributed by atoms with van der Waals surface area (Å²) in [4.78, 5) is 21.0. The van der Waals surface area contributed by atoms with E-state index in [-0.39, 0.29) is 5.91 Å². The molecule has 132 valence electrons. The highest BCUT2D eigenvalue weighted by molar-refractivity contribution is 5.94. The predicted octanol–water partition coefficient (Wildman–Crippen LogP) is 4.15. The fraction of sp³-hybridized carbons (Fsp3) is 0.0870. The van der Waals surface area contributed by atoms with Crippen LogP contribution in [-0.2, 0) is 13.0 Å². The van der Waals surface area contributed by atoms with Crippen molar-refractivity contribution in [2.45, 2.75) is 13.0 Å². The molecule has 0 spiro atoms. The number of hydrogen-bond donors (Lipinski definition) is 1. The van der Waals surface area contributed by atoms with E-state index in [1.807, 2.05) is 24.3 Å². The molecule has 4 rings (SSSR count). The Kier molecular flexibility index (Phi) is 4.88. The summed E-state index contributed by atoms with van der Waals surface area (Å²) in [5, 5.41) is 2.93. The van der Waals surface area contributed by atoms with Crippen molar-refractivity contribution >= 4 is 16.9 Å². The average Bonchev–Trinajstić information content (AvgIpc) is 2.73. The highest BCUT2D eigenvalue weighted by Gasteiger charge is 2.08. The second kappa shape index (κ2) is 7.79. The first kappa shape index (κ1) is 16.9. The molecule has 2 aromatic carbocycles. The lowest BCUT2D eigenvalue weighted by Gasteiger charge is -2.07. The molecule has 0 aliphatic heterocycles. The van der Waals surface area contributed by atoms with Gasteiger partial charge in [-0.25, -0.2) is 4.98 Å². The van der Waals surface area contributed by atoms with Gasteiger partial charge < -0.3 is 5.32 Å². The summed E-state index contributed by atoms with van der Waals surface area (Å²) in [5.74, 6) is -0.186. The van der Waals surface area contributed by atoms with E-state index in [1.165, 1.54) is 11.1 Å². The molecule has 4 nitrogen and oxygen atoms in total. The molecule has 0 saturated heterocycles. The molecule has 4 heteroatoms. The molecule has 0 saturated carbocycles. The number of aromatic nitrogens is 2. The van der Waals surface area contributed by atoms with Crippen molar-refractivity contribution in [3.8, 4) is 0 Å². The van der Waals surface area contributed by atoms with Gasteiger partial charge in [-0.15, -0.1) is 0 Å². The number of carbonyl (C=O) groups is 1. The normalized spacial score (nSPS) is 10.7. The van der Waals surface area contributed by atoms with E-state index in [4.69, 9.17) is 0 Å². The van der Waals surface area contributed by atoms with Crippen LogP contribution >= 0.6 is 0 Å². The minimum atomic E-state index is -0.186. The first-order valence-electron chi connectivity index (χ1n) is 8.90. The first-order chi connectivity index (χ1) is 13.3. The first-order valence-corrected chi connectivity index (χ1v) is 8.90. The zero-order chi connectivity index (χ0) is 18.5. The van der Waals surface area contributed by atoms with Crippen molar-refractivity contribution in [2.24, 2.45) is 0 Å². The molecule has 0 unspecified atom stereocenters. The Bertz CT molecular complexity index is 1060. The fourth-order valence-electron chi connectivity index (χ4n) is 2.96. The lowest BCUT2D eigenvalue weighted by molar-refractivity contribution is 0.0946. The maximum atomic E-state index is 12.4. The van der Waals surface area contributed by atoms with Crippen LogP contribution in [0.2, 0.25) is 0 Å². The number of fused-ring (bicyclic) bond motifs is 1. The minimum absolute atomic E-state index is 0.186. The second-order valence-corrected chi connectivity index (χ2v) is 6.40. The van der Waals surface area contributed by atoms with Gasteiger partial charge in [0.25, 0.3) is 5.91 Å². The zero-order valence-electron chi connectivity index (χ0n) is 14.8. The van der Waals surface area contributed by atoms with Crippen LogP contribution in [0.3, 0.4) is 0 Å². The van der Waals surface area contributed by atoms with Gasteiger partial charge >= 0.3 is 0 Å². The molecule has 4 aromatic rings. The summed E-state index contributed by atoms with van der Waals surface area (Å²) < 4.78 is 0. The van der Waals surface area contributed by atoms with Crippen LogP contribution in [-0.4, -0.2) is 15.9 Å². The predicted molar refractivity (Wildman–Crippen MR) is 106 cm³/mol. The van der Waals surface area contributed by atoms with Gasteiger partial charge in [0.15, 0.2) is 0 Å². The summed E-state index contributed by atoms with van der Waals surface area (Å²) in [6, 6.07) is 25.9. The van der Waals surface area contributed by atoms with Crippen molar-refractivity contribution in [3.05, 3.63) is 107 Å². The molecule has 27 heavy (non-hydrogen) atoms. The minimum Gasteiger partial charge on any atom is -0.347 e. The van der Waals surface area contributed by atoms with Gasteiger partial charge in [0.1, 0.15) is 5.69 Å². The molecule has 1 amide bonds. The summed E-state index contributed by atoms with van der Waals surface area (Å²) in [7, 11) is 0. The molecule has 0 aliphatic rings. The van der Waals surface area contributed by atoms with E-state index in [2.05, 4.69) is 63.8 Å². The highest BCUT2D eigenvalue weighted by atomic mass is 16.1. The lowest BCUT2D eigenvalue weighted by Crippen LogP contribution is -2.23. The number of amides is 1. The summed E-state index contributed by atoms with van der Waals surface area (Å²) in [6.07, 6.45) is 2.62. The van der Waals surface area contributed by atoms with Crippen LogP contribution in [0.1, 0.15) is 27.2 Å². The number of nitrogens with zero attached hydrogens (tertiary/aromatic N) is 2. The maximum Gasteiger partial charge on any atom is 0.270 e. The van der Waals surface area contributed by atoms with Crippen molar-refractivity contribution in [1.82, 2.24) is 15.3 Å². The van der Waals surface area contributed by atoms with Crippen LogP contribution in [0.15, 0.2) is 85.1 Å². The van der Waals surface area contributed by atoms with Crippen LogP contribution in [0.5, 0.6) is 0 Å². The van der Waals surface area contributed by atoms with E-state index in [0.717, 1.165) is 23.0 Å². The van der Waals surface area contributed by atoms with Crippen molar-refractivity contribution in [1.29, 1.82) is 0 Å². The second-order valence-electron chi connectivity index (χ2n) is 6.40. The Morgan fingerprint density at radius 1 is 0.741 bits per heavy atom. The fourth-order valence-corrected chi connectivity index (χ4v) is 2.96. The Labute approximate surface area is 157 Å². The third-order valence-electron chi connectivity index (χ3n) is 4.42. The van der Waals surface area contributed by atoms with Crippen molar-refractivity contribution in [2.75, 3.05) is 0 Å². The smallest absolute Gasteiger partial charge is 0.270 e. The molecule has 2 aromatic heterocycles. The molecule has 0 radical (unpaired) electrons. The molecular formula is C23H19N3O. The Morgan fingerprint density at radius 2 is 1.48 bits per heavy atom. The molecule has 2 heterocycles. The number of hydrogen-bond acceptors (Lipinski definition) is 3. The van der Waals surface area contributed by atoms with Gasteiger partial charge in [-0.05, 0) is 47.4 Å². The van der Waals surface area contributed by atoms with Gasteiger partial charge in [-0.1, -0.05) is 54.6 Å². The summed E-state index contributed by atoms with van der Waals surface area (Å²) in [5.41, 5.74) is 5.49. The van der Waals surface area contributed by atoms with Crippen molar-refractivity contribution in [3.63, 3.8) is 0 Å². The molecule has 0 atom stereocenters. The van der Waals surface area contributed by atoms with Gasteiger partial charge in [0, 0.05) is 12.7 Å². The molecule has 1 N–H and O–H groups in total. The number of rotatable bonds is 5. The van der Waals surface area contributed by atoms with Crippen LogP contribution in [0.25, 0.3) is 11.0 Å². The summed E-state index contributed by atoms with van der Waals surface area (Å²) >= 11 is 0. The van der Waals surface area contributed by atoms with E-state index >= 15 is 0 Å². The SMILES string of the molecule is O=C(NCc1ccc(Cc2ccccc2)cc1)c1ccc2ncccc2n1. The Hall–Kier alpha value is -3.53. The van der Waals surface area contributed by atoms with Gasteiger partial charge in [-0.2, -0.15) is 0 Å². The monoisotopic (exact) mass is 353 g/mol. The lowest BCUT2D eigenvalue weighted by atomic mass is 10.0. The summed E-state index contributed by atoms with van der Waals surface area (Å²) in [6.45, 7) is 0.469. The topological polar surface area (TPSA) is 54.9 Å². The number of pyridine rings is 2. The average molecular weight is 353 g/mol. The maximum absolute atomic E-state index is 12.4. The molecule has 0 bridgehead atoms. The van der Waals surface area contributed by atoms with Gasteiger partial charge in [0.2, 0.25) is 0 Å².